The number of carbonyl (C=O) groups is 3. The molecule has 0 aliphatic heterocycles. The number of nitrogens with two attached hydrogens (primary N) is 3. The lowest BCUT2D eigenvalue weighted by Gasteiger charge is -2.24. The number of nitrogens with zero attached hydrogens (tertiary/aromatic N) is 3. The number of hydrogen-bond donors (Lipinski definition) is 4. The standard InChI is InChI=1S/C23H38N6O4/c1-3-6-20(26)27-12-14-28(2)23(33)17-9-10-19(25)18(15-17)16-29(13-5-11-24)21(30)7-4-8-22(31)32/h9-10,15H,3-8,11-14,16,24-25H2,1-2H3,(H2,26,27)(H,31,32). The van der Waals surface area contributed by atoms with Gasteiger partial charge in [0.2, 0.25) is 5.91 Å². The molecule has 10 heteroatoms. The molecule has 0 saturated carbocycles. The molecule has 0 unspecified atom stereocenters. The third kappa shape index (κ3) is 10.3. The van der Waals surface area contributed by atoms with Crippen molar-refractivity contribution in [1.29, 1.82) is 0 Å². The summed E-state index contributed by atoms with van der Waals surface area (Å²) in [4.78, 5) is 43.7. The van der Waals surface area contributed by atoms with Crippen LogP contribution in [-0.4, -0.2) is 71.8 Å². The normalized spacial score (nSPS) is 11.3. The number of carboxylic acids is 1. The van der Waals surface area contributed by atoms with E-state index >= 15 is 0 Å². The number of rotatable bonds is 15. The van der Waals surface area contributed by atoms with E-state index in [2.05, 4.69) is 4.99 Å². The average molecular weight is 463 g/mol. The fourth-order valence-corrected chi connectivity index (χ4v) is 3.21. The van der Waals surface area contributed by atoms with Crippen LogP contribution in [0.5, 0.6) is 0 Å². The Morgan fingerprint density at radius 2 is 1.82 bits per heavy atom. The molecule has 0 radical (unpaired) electrons. The minimum Gasteiger partial charge on any atom is -0.481 e. The van der Waals surface area contributed by atoms with E-state index in [1.807, 2.05) is 6.92 Å². The van der Waals surface area contributed by atoms with Crippen LogP contribution in [0.4, 0.5) is 5.69 Å². The highest BCUT2D eigenvalue weighted by atomic mass is 16.4. The molecule has 10 nitrogen and oxygen atoms in total. The van der Waals surface area contributed by atoms with Gasteiger partial charge in [-0.05, 0) is 49.6 Å². The fourth-order valence-electron chi connectivity index (χ4n) is 3.21. The molecule has 0 heterocycles. The number of anilines is 1. The van der Waals surface area contributed by atoms with Gasteiger partial charge in [-0.2, -0.15) is 0 Å². The molecule has 2 amide bonds. The molecule has 184 valence electrons. The van der Waals surface area contributed by atoms with E-state index in [9.17, 15) is 14.4 Å². The molecule has 0 aliphatic rings. The van der Waals surface area contributed by atoms with E-state index < -0.39 is 5.97 Å². The number of aliphatic imine (C=N–C) groups is 1. The molecule has 33 heavy (non-hydrogen) atoms. The minimum absolute atomic E-state index is 0.0664. The molecule has 1 aromatic rings. The highest BCUT2D eigenvalue weighted by Crippen LogP contribution is 2.19. The first-order valence-electron chi connectivity index (χ1n) is 11.3. The average Bonchev–Trinajstić information content (AvgIpc) is 2.77. The third-order valence-corrected chi connectivity index (χ3v) is 5.12. The van der Waals surface area contributed by atoms with Crippen molar-refractivity contribution in [3.05, 3.63) is 29.3 Å². The quantitative estimate of drug-likeness (QED) is 0.174. The van der Waals surface area contributed by atoms with E-state index in [-0.39, 0.29) is 37.6 Å². The molecule has 0 aromatic heterocycles. The van der Waals surface area contributed by atoms with Crippen molar-refractivity contribution in [1.82, 2.24) is 9.80 Å². The van der Waals surface area contributed by atoms with Gasteiger partial charge in [-0.25, -0.2) is 0 Å². The van der Waals surface area contributed by atoms with Gasteiger partial charge in [0.25, 0.3) is 5.91 Å². The second-order valence-electron chi connectivity index (χ2n) is 7.97. The Morgan fingerprint density at radius 1 is 1.09 bits per heavy atom. The summed E-state index contributed by atoms with van der Waals surface area (Å²) < 4.78 is 0. The first-order valence-corrected chi connectivity index (χ1v) is 11.3. The summed E-state index contributed by atoms with van der Waals surface area (Å²) in [6, 6.07) is 5.01. The van der Waals surface area contributed by atoms with Crippen LogP contribution in [0.15, 0.2) is 23.2 Å². The van der Waals surface area contributed by atoms with E-state index in [0.717, 1.165) is 12.8 Å². The number of likely N-dealkylation sites (N-methyl/N-ethyl adjacent to an activating group) is 1. The Morgan fingerprint density at radius 3 is 2.45 bits per heavy atom. The number of amides is 2. The smallest absolute Gasteiger partial charge is 0.303 e. The Labute approximate surface area is 195 Å². The van der Waals surface area contributed by atoms with Crippen LogP contribution in [0.1, 0.15) is 61.4 Å². The number of amidine groups is 1. The van der Waals surface area contributed by atoms with Crippen molar-refractivity contribution in [3.63, 3.8) is 0 Å². The summed E-state index contributed by atoms with van der Waals surface area (Å²) in [6.07, 6.45) is 2.57. The van der Waals surface area contributed by atoms with Gasteiger partial charge in [0.1, 0.15) is 0 Å². The van der Waals surface area contributed by atoms with Crippen LogP contribution in [0.2, 0.25) is 0 Å². The molecule has 7 N–H and O–H groups in total. The van der Waals surface area contributed by atoms with E-state index in [4.69, 9.17) is 22.3 Å². The number of hydrogen-bond acceptors (Lipinski definition) is 6. The van der Waals surface area contributed by atoms with Gasteiger partial charge < -0.3 is 32.1 Å². The summed E-state index contributed by atoms with van der Waals surface area (Å²) in [5.74, 6) is -0.698. The summed E-state index contributed by atoms with van der Waals surface area (Å²) in [6.45, 7) is 3.94. The highest BCUT2D eigenvalue weighted by molar-refractivity contribution is 5.94. The summed E-state index contributed by atoms with van der Waals surface area (Å²) in [7, 11) is 1.70. The van der Waals surface area contributed by atoms with Crippen molar-refractivity contribution >= 4 is 29.3 Å². The molecule has 0 aliphatic carbocycles. The molecule has 0 spiro atoms. The topological polar surface area (TPSA) is 168 Å². The molecular weight excluding hydrogens is 424 g/mol. The van der Waals surface area contributed by atoms with Crippen molar-refractivity contribution < 1.29 is 19.5 Å². The predicted molar refractivity (Wildman–Crippen MR) is 130 cm³/mol. The number of nitrogen functional groups attached to an aromatic ring is 1. The largest absolute Gasteiger partial charge is 0.481 e. The predicted octanol–water partition coefficient (Wildman–Crippen LogP) is 1.43. The Kier molecular flexibility index (Phi) is 12.5. The van der Waals surface area contributed by atoms with Gasteiger partial charge in [-0.3, -0.25) is 19.4 Å². The van der Waals surface area contributed by atoms with Crippen molar-refractivity contribution in [2.24, 2.45) is 16.5 Å². The van der Waals surface area contributed by atoms with Crippen molar-refractivity contribution in [2.75, 3.05) is 39.0 Å². The lowest BCUT2D eigenvalue weighted by Crippen LogP contribution is -2.33. The zero-order chi connectivity index (χ0) is 24.8. The van der Waals surface area contributed by atoms with Gasteiger partial charge in [0.05, 0.1) is 12.4 Å². The number of carbonyl (C=O) groups excluding carboxylic acids is 2. The summed E-state index contributed by atoms with van der Waals surface area (Å²) >= 11 is 0. The Hall–Kier alpha value is -3.14. The molecule has 0 bridgehead atoms. The maximum Gasteiger partial charge on any atom is 0.303 e. The molecule has 1 aromatic carbocycles. The van der Waals surface area contributed by atoms with Crippen LogP contribution >= 0.6 is 0 Å². The van der Waals surface area contributed by atoms with Crippen molar-refractivity contribution in [3.8, 4) is 0 Å². The number of aliphatic carboxylic acids is 1. The SMILES string of the molecule is CCCC(N)=NCCN(C)C(=O)c1ccc(N)c(CN(CCCN)C(=O)CCCC(=O)O)c1. The molecule has 0 atom stereocenters. The fraction of sp³-hybridized carbons (Fsp3) is 0.565. The Balaban J connectivity index is 2.88. The maximum absolute atomic E-state index is 12.9. The van der Waals surface area contributed by atoms with Gasteiger partial charge >= 0.3 is 5.97 Å². The molecule has 0 fully saturated rings. The first kappa shape index (κ1) is 27.9. The summed E-state index contributed by atoms with van der Waals surface area (Å²) in [5.41, 5.74) is 19.1. The first-order chi connectivity index (χ1) is 15.7. The highest BCUT2D eigenvalue weighted by Gasteiger charge is 2.18. The van der Waals surface area contributed by atoms with E-state index in [1.54, 1.807) is 35.0 Å². The lowest BCUT2D eigenvalue weighted by atomic mass is 10.1. The van der Waals surface area contributed by atoms with Crippen LogP contribution in [0.25, 0.3) is 0 Å². The zero-order valence-corrected chi connectivity index (χ0v) is 19.8. The van der Waals surface area contributed by atoms with E-state index in [1.165, 1.54) is 0 Å². The maximum atomic E-state index is 12.9. The third-order valence-electron chi connectivity index (χ3n) is 5.12. The monoisotopic (exact) mass is 462 g/mol. The summed E-state index contributed by atoms with van der Waals surface area (Å²) in [5, 5.41) is 8.80. The zero-order valence-electron chi connectivity index (χ0n) is 19.8. The lowest BCUT2D eigenvalue weighted by molar-refractivity contribution is -0.137. The van der Waals surface area contributed by atoms with Gasteiger partial charge in [-0.1, -0.05) is 6.92 Å². The van der Waals surface area contributed by atoms with Gasteiger partial charge in [-0.15, -0.1) is 0 Å². The van der Waals surface area contributed by atoms with Crippen LogP contribution < -0.4 is 17.2 Å². The molecule has 1 rings (SSSR count). The Bertz CT molecular complexity index is 827. The van der Waals surface area contributed by atoms with Gasteiger partial charge in [0.15, 0.2) is 0 Å². The number of benzene rings is 1. The second-order valence-corrected chi connectivity index (χ2v) is 7.97. The molecular formula is C23H38N6O4. The van der Waals surface area contributed by atoms with E-state index in [0.29, 0.717) is 55.2 Å². The van der Waals surface area contributed by atoms with Crippen LogP contribution in [-0.2, 0) is 16.1 Å². The van der Waals surface area contributed by atoms with Crippen LogP contribution in [0.3, 0.4) is 0 Å². The second kappa shape index (κ2) is 14.8. The minimum atomic E-state index is -0.936. The molecule has 0 saturated heterocycles. The van der Waals surface area contributed by atoms with Gasteiger partial charge in [0, 0.05) is 57.2 Å². The van der Waals surface area contributed by atoms with Crippen LogP contribution in [0, 0.1) is 0 Å². The number of carboxylic acid groups (broad SMARTS) is 1. The van der Waals surface area contributed by atoms with Crippen molar-refractivity contribution in [2.45, 2.75) is 52.0 Å².